The van der Waals surface area contributed by atoms with Crippen LogP contribution in [-0.2, 0) is 9.53 Å². The molecule has 6 heterocycles. The van der Waals surface area contributed by atoms with Crippen LogP contribution in [0.5, 0.6) is 11.5 Å². The predicted octanol–water partition coefficient (Wildman–Crippen LogP) is 1.80. The first kappa shape index (κ1) is 26.9. The molecule has 2 saturated heterocycles. The van der Waals surface area contributed by atoms with Gasteiger partial charge >= 0.3 is 12.2 Å². The van der Waals surface area contributed by atoms with E-state index in [2.05, 4.69) is 24.9 Å². The summed E-state index contributed by atoms with van der Waals surface area (Å²) in [6, 6.07) is 4.40. The Morgan fingerprint density at radius 1 is 1.14 bits per heavy atom. The molecule has 1 saturated carbocycles. The van der Waals surface area contributed by atoms with E-state index in [1.54, 1.807) is 21.6 Å². The SMILES string of the molecule is O=C1COc2ccc(N3C[C@@H](CN4CCN(c5nc6c(cc5F)c(=O)c(OC(=O)O)cn6C5CC5)CC4)OC3=O)nc2N1. The Kier molecular flexibility index (Phi) is 6.49. The van der Waals surface area contributed by atoms with E-state index >= 15 is 4.39 Å². The number of hydrogen-bond donors (Lipinski definition) is 2. The third kappa shape index (κ3) is 5.13. The van der Waals surface area contributed by atoms with Gasteiger partial charge in [0, 0.05) is 38.8 Å². The van der Waals surface area contributed by atoms with Gasteiger partial charge in [0.1, 0.15) is 17.6 Å². The van der Waals surface area contributed by atoms with Gasteiger partial charge in [-0.15, -0.1) is 0 Å². The number of amides is 2. The fourth-order valence-corrected chi connectivity index (χ4v) is 5.57. The molecular formula is C27H26FN7O8. The normalized spacial score (nSPS) is 20.4. The van der Waals surface area contributed by atoms with Crippen LogP contribution in [0.25, 0.3) is 11.0 Å². The number of hydrogen-bond acceptors (Lipinski definition) is 11. The second-order valence-electron chi connectivity index (χ2n) is 10.8. The number of rotatable bonds is 6. The van der Waals surface area contributed by atoms with Crippen molar-refractivity contribution in [2.24, 2.45) is 0 Å². The first-order valence-corrected chi connectivity index (χ1v) is 13.8. The number of nitrogens with zero attached hydrogens (tertiary/aromatic N) is 6. The van der Waals surface area contributed by atoms with Crippen molar-refractivity contribution >= 4 is 46.6 Å². The molecule has 7 rings (SSSR count). The van der Waals surface area contributed by atoms with Crippen molar-refractivity contribution in [1.82, 2.24) is 19.4 Å². The van der Waals surface area contributed by atoms with Crippen LogP contribution in [0, 0.1) is 5.82 Å². The molecule has 224 valence electrons. The highest BCUT2D eigenvalue weighted by molar-refractivity contribution is 5.95. The number of aromatic nitrogens is 3. The molecule has 0 spiro atoms. The van der Waals surface area contributed by atoms with Crippen molar-refractivity contribution in [1.29, 1.82) is 0 Å². The lowest BCUT2D eigenvalue weighted by Gasteiger charge is -2.36. The Bertz CT molecular complexity index is 1720. The molecule has 2 N–H and O–H groups in total. The summed E-state index contributed by atoms with van der Waals surface area (Å²) in [7, 11) is 0. The first-order valence-electron chi connectivity index (χ1n) is 13.8. The fraction of sp³-hybridized carbons (Fsp3) is 0.407. The monoisotopic (exact) mass is 595 g/mol. The number of carbonyl (C=O) groups excluding carboxylic acids is 2. The summed E-state index contributed by atoms with van der Waals surface area (Å²) in [5.74, 6) is -0.272. The van der Waals surface area contributed by atoms with Crippen LogP contribution in [0.2, 0.25) is 0 Å². The summed E-state index contributed by atoms with van der Waals surface area (Å²) >= 11 is 0. The zero-order valence-electron chi connectivity index (χ0n) is 22.7. The van der Waals surface area contributed by atoms with E-state index in [4.69, 9.17) is 14.6 Å². The Hall–Kier alpha value is -4.99. The average Bonchev–Trinajstić information content (AvgIpc) is 3.76. The maximum Gasteiger partial charge on any atom is 0.511 e. The van der Waals surface area contributed by atoms with Gasteiger partial charge in [-0.1, -0.05) is 0 Å². The lowest BCUT2D eigenvalue weighted by Crippen LogP contribution is -2.49. The number of cyclic esters (lactones) is 1. The van der Waals surface area contributed by atoms with Crippen molar-refractivity contribution < 1.29 is 38.1 Å². The number of ether oxygens (including phenoxy) is 3. The highest BCUT2D eigenvalue weighted by atomic mass is 19.1. The van der Waals surface area contributed by atoms with Crippen LogP contribution in [0.4, 0.5) is 31.4 Å². The van der Waals surface area contributed by atoms with Crippen molar-refractivity contribution in [2.75, 3.05) is 61.0 Å². The minimum atomic E-state index is -1.62. The number of halogens is 1. The van der Waals surface area contributed by atoms with E-state index in [9.17, 15) is 19.2 Å². The highest BCUT2D eigenvalue weighted by Crippen LogP contribution is 2.38. The van der Waals surface area contributed by atoms with Crippen LogP contribution in [-0.4, -0.2) is 94.7 Å². The molecule has 43 heavy (non-hydrogen) atoms. The van der Waals surface area contributed by atoms with E-state index in [0.717, 1.165) is 18.9 Å². The van der Waals surface area contributed by atoms with Gasteiger partial charge in [-0.25, -0.2) is 23.9 Å². The number of anilines is 3. The maximum absolute atomic E-state index is 15.3. The molecule has 3 aliphatic heterocycles. The van der Waals surface area contributed by atoms with Crippen molar-refractivity contribution in [3.63, 3.8) is 0 Å². The van der Waals surface area contributed by atoms with E-state index in [0.29, 0.717) is 44.3 Å². The molecule has 2 amide bonds. The average molecular weight is 596 g/mol. The molecule has 15 nitrogen and oxygen atoms in total. The minimum absolute atomic E-state index is 0.0270. The van der Waals surface area contributed by atoms with Crippen LogP contribution >= 0.6 is 0 Å². The lowest BCUT2D eigenvalue weighted by atomic mass is 10.2. The number of carboxylic acid groups (broad SMARTS) is 1. The van der Waals surface area contributed by atoms with Gasteiger partial charge in [0.15, 0.2) is 35.6 Å². The van der Waals surface area contributed by atoms with Crippen LogP contribution in [0.3, 0.4) is 0 Å². The quantitative estimate of drug-likeness (QED) is 0.397. The largest absolute Gasteiger partial charge is 0.511 e. The zero-order valence-corrected chi connectivity index (χ0v) is 22.7. The lowest BCUT2D eigenvalue weighted by molar-refractivity contribution is -0.118. The summed E-state index contributed by atoms with van der Waals surface area (Å²) in [4.78, 5) is 62.3. The maximum atomic E-state index is 15.3. The Labute approximate surface area is 242 Å². The molecule has 0 radical (unpaired) electrons. The molecule has 0 unspecified atom stereocenters. The third-order valence-corrected chi connectivity index (χ3v) is 7.79. The number of piperazine rings is 1. The standard InChI is InChI=1S/C27H26FN7O8/c28-17-9-16-22(37)19(43-27(39)40)12-34(14-1-2-14)24(16)31-25(17)33-7-5-32(6-8-33)10-15-11-35(26(38)42-15)20-4-3-18-23(29-20)30-21(36)13-41-18/h3-4,9,12,14-15H,1-2,5-8,10-11,13H2,(H,39,40)(H,29,30,36)/t15-/m1/s1. The summed E-state index contributed by atoms with van der Waals surface area (Å²) in [5.41, 5.74) is -0.454. The van der Waals surface area contributed by atoms with E-state index in [1.807, 2.05) is 0 Å². The molecule has 4 aliphatic rings. The Balaban J connectivity index is 1.02. The number of fused-ring (bicyclic) bond motifs is 2. The molecule has 1 aliphatic carbocycles. The molecular weight excluding hydrogens is 569 g/mol. The molecule has 0 bridgehead atoms. The topological polar surface area (TPSA) is 169 Å². The van der Waals surface area contributed by atoms with E-state index in [-0.39, 0.29) is 53.5 Å². The summed E-state index contributed by atoms with van der Waals surface area (Å²) in [6.45, 7) is 2.63. The van der Waals surface area contributed by atoms with Crippen LogP contribution < -0.4 is 30.0 Å². The molecule has 3 aromatic rings. The first-order chi connectivity index (χ1) is 20.7. The fourth-order valence-electron chi connectivity index (χ4n) is 5.57. The Morgan fingerprint density at radius 3 is 2.67 bits per heavy atom. The molecule has 16 heteroatoms. The van der Waals surface area contributed by atoms with Crippen LogP contribution in [0.1, 0.15) is 18.9 Å². The second kappa shape index (κ2) is 10.4. The number of carbonyl (C=O) groups is 3. The number of pyridine rings is 3. The van der Waals surface area contributed by atoms with Gasteiger partial charge in [0.2, 0.25) is 5.43 Å². The summed E-state index contributed by atoms with van der Waals surface area (Å²) < 4.78 is 32.5. The smallest absolute Gasteiger partial charge is 0.480 e. The van der Waals surface area contributed by atoms with Crippen molar-refractivity contribution in [3.8, 4) is 11.5 Å². The van der Waals surface area contributed by atoms with E-state index in [1.165, 1.54) is 11.1 Å². The molecule has 0 aromatic carbocycles. The Morgan fingerprint density at radius 2 is 1.93 bits per heavy atom. The van der Waals surface area contributed by atoms with Gasteiger partial charge in [0.25, 0.3) is 5.91 Å². The van der Waals surface area contributed by atoms with Crippen molar-refractivity contribution in [2.45, 2.75) is 25.0 Å². The van der Waals surface area contributed by atoms with Gasteiger partial charge in [-0.05, 0) is 31.0 Å². The second-order valence-corrected chi connectivity index (χ2v) is 10.8. The highest BCUT2D eigenvalue weighted by Gasteiger charge is 2.36. The van der Waals surface area contributed by atoms with Crippen molar-refractivity contribution in [3.05, 3.63) is 40.4 Å². The molecule has 1 atom stereocenters. The number of nitrogens with one attached hydrogen (secondary N) is 1. The zero-order chi connectivity index (χ0) is 29.8. The van der Waals surface area contributed by atoms with Crippen LogP contribution in [0.15, 0.2) is 29.2 Å². The summed E-state index contributed by atoms with van der Waals surface area (Å²) in [5, 5.41) is 11.6. The molecule has 3 aromatic heterocycles. The predicted molar refractivity (Wildman–Crippen MR) is 148 cm³/mol. The minimum Gasteiger partial charge on any atom is -0.480 e. The van der Waals surface area contributed by atoms with Gasteiger partial charge in [-0.2, -0.15) is 0 Å². The van der Waals surface area contributed by atoms with E-state index < -0.39 is 29.6 Å². The van der Waals surface area contributed by atoms with Gasteiger partial charge in [-0.3, -0.25) is 19.4 Å². The third-order valence-electron chi connectivity index (χ3n) is 7.79. The van der Waals surface area contributed by atoms with Gasteiger partial charge in [0.05, 0.1) is 18.1 Å². The summed E-state index contributed by atoms with van der Waals surface area (Å²) in [6.07, 6.45) is 0.400. The molecule has 3 fully saturated rings. The van der Waals surface area contributed by atoms with Gasteiger partial charge < -0.3 is 34.1 Å².